The summed E-state index contributed by atoms with van der Waals surface area (Å²) >= 11 is 1.81. The molecule has 1 aliphatic rings. The summed E-state index contributed by atoms with van der Waals surface area (Å²) in [7, 11) is 0. The predicted octanol–water partition coefficient (Wildman–Crippen LogP) is 3.06. The van der Waals surface area contributed by atoms with Crippen LogP contribution in [-0.2, 0) is 6.42 Å². The first-order valence-corrected chi connectivity index (χ1v) is 8.03. The minimum atomic E-state index is 0.566. The summed E-state index contributed by atoms with van der Waals surface area (Å²) < 4.78 is 0. The van der Waals surface area contributed by atoms with Gasteiger partial charge in [0.25, 0.3) is 0 Å². The molecule has 2 heterocycles. The lowest BCUT2D eigenvalue weighted by Crippen LogP contribution is -2.46. The average molecular weight is 267 g/mol. The van der Waals surface area contributed by atoms with Gasteiger partial charge in [-0.25, -0.2) is 4.98 Å². The predicted molar refractivity (Wildman–Crippen MR) is 79.6 cm³/mol. The molecule has 0 aromatic carbocycles. The number of aromatic nitrogens is 1. The molecule has 1 saturated heterocycles. The third kappa shape index (κ3) is 3.45. The molecule has 18 heavy (non-hydrogen) atoms. The van der Waals surface area contributed by atoms with E-state index in [0.29, 0.717) is 12.1 Å². The van der Waals surface area contributed by atoms with Gasteiger partial charge in [0.2, 0.25) is 0 Å². The minimum absolute atomic E-state index is 0.566. The van der Waals surface area contributed by atoms with Crippen LogP contribution in [0.15, 0.2) is 5.38 Å². The number of piperidine rings is 1. The van der Waals surface area contributed by atoms with Crippen molar-refractivity contribution in [3.8, 4) is 0 Å². The highest BCUT2D eigenvalue weighted by Crippen LogP contribution is 2.27. The second-order valence-corrected chi connectivity index (χ2v) is 6.22. The van der Waals surface area contributed by atoms with Crippen LogP contribution >= 0.6 is 11.3 Å². The first-order valence-electron chi connectivity index (χ1n) is 7.15. The molecule has 0 saturated carbocycles. The number of nitrogens with zero attached hydrogens (tertiary/aromatic N) is 2. The quantitative estimate of drug-likeness (QED) is 0.888. The Balaban J connectivity index is 2.02. The highest BCUT2D eigenvalue weighted by Gasteiger charge is 2.24. The SMILES string of the molecule is CCc1csc(N2CCCCC2CNC(C)C)n1. The van der Waals surface area contributed by atoms with E-state index in [2.05, 4.69) is 36.4 Å². The van der Waals surface area contributed by atoms with Gasteiger partial charge < -0.3 is 10.2 Å². The van der Waals surface area contributed by atoms with Crippen LogP contribution in [0, 0.1) is 0 Å². The van der Waals surface area contributed by atoms with E-state index in [1.165, 1.54) is 36.6 Å². The molecule has 1 aliphatic heterocycles. The maximum atomic E-state index is 4.75. The smallest absolute Gasteiger partial charge is 0.185 e. The Bertz CT molecular complexity index is 362. The van der Waals surface area contributed by atoms with Crippen molar-refractivity contribution in [2.24, 2.45) is 0 Å². The summed E-state index contributed by atoms with van der Waals surface area (Å²) in [6, 6.07) is 1.19. The van der Waals surface area contributed by atoms with Crippen LogP contribution in [0.1, 0.15) is 45.7 Å². The summed E-state index contributed by atoms with van der Waals surface area (Å²) in [5.41, 5.74) is 1.23. The Hall–Kier alpha value is -0.610. The maximum Gasteiger partial charge on any atom is 0.185 e. The van der Waals surface area contributed by atoms with Crippen LogP contribution in [0.25, 0.3) is 0 Å². The van der Waals surface area contributed by atoms with Crippen molar-refractivity contribution in [3.63, 3.8) is 0 Å². The van der Waals surface area contributed by atoms with Crippen LogP contribution in [-0.4, -0.2) is 30.2 Å². The Morgan fingerprint density at radius 3 is 3.00 bits per heavy atom. The van der Waals surface area contributed by atoms with Crippen LogP contribution in [0.5, 0.6) is 0 Å². The second kappa shape index (κ2) is 6.53. The number of thiazole rings is 1. The van der Waals surface area contributed by atoms with Gasteiger partial charge in [-0.1, -0.05) is 20.8 Å². The number of anilines is 1. The number of nitrogens with one attached hydrogen (secondary N) is 1. The van der Waals surface area contributed by atoms with Gasteiger partial charge in [-0.2, -0.15) is 0 Å². The molecule has 0 bridgehead atoms. The van der Waals surface area contributed by atoms with Gasteiger partial charge in [0.15, 0.2) is 5.13 Å². The van der Waals surface area contributed by atoms with Crippen molar-refractivity contribution in [1.82, 2.24) is 10.3 Å². The molecule has 4 heteroatoms. The zero-order chi connectivity index (χ0) is 13.0. The summed E-state index contributed by atoms with van der Waals surface area (Å²) in [5.74, 6) is 0. The van der Waals surface area contributed by atoms with Gasteiger partial charge in [0, 0.05) is 30.6 Å². The molecule has 1 N–H and O–H groups in total. The molecule has 1 atom stereocenters. The molecule has 3 nitrogen and oxygen atoms in total. The zero-order valence-electron chi connectivity index (χ0n) is 11.8. The van der Waals surface area contributed by atoms with E-state index in [1.54, 1.807) is 11.3 Å². The van der Waals surface area contributed by atoms with Crippen LogP contribution in [0.3, 0.4) is 0 Å². The van der Waals surface area contributed by atoms with Crippen molar-refractivity contribution in [3.05, 3.63) is 11.1 Å². The highest BCUT2D eigenvalue weighted by atomic mass is 32.1. The topological polar surface area (TPSA) is 28.2 Å². The van der Waals surface area contributed by atoms with E-state index in [9.17, 15) is 0 Å². The molecule has 102 valence electrons. The molecule has 1 unspecified atom stereocenters. The number of hydrogen-bond acceptors (Lipinski definition) is 4. The first kappa shape index (κ1) is 13.8. The minimum Gasteiger partial charge on any atom is -0.344 e. The molecule has 0 spiro atoms. The van der Waals surface area contributed by atoms with Crippen LogP contribution in [0.2, 0.25) is 0 Å². The normalized spacial score (nSPS) is 20.7. The number of rotatable bonds is 5. The van der Waals surface area contributed by atoms with E-state index < -0.39 is 0 Å². The van der Waals surface area contributed by atoms with E-state index in [0.717, 1.165) is 13.0 Å². The molecule has 0 aliphatic carbocycles. The van der Waals surface area contributed by atoms with Gasteiger partial charge in [0.05, 0.1) is 5.69 Å². The van der Waals surface area contributed by atoms with Crippen molar-refractivity contribution < 1.29 is 0 Å². The van der Waals surface area contributed by atoms with Crippen LogP contribution in [0.4, 0.5) is 5.13 Å². The standard InChI is InChI=1S/C14H25N3S/c1-4-12-10-18-14(16-12)17-8-6-5-7-13(17)9-15-11(2)3/h10-11,13,15H,4-9H2,1-3H3. The van der Waals surface area contributed by atoms with E-state index in [1.807, 2.05) is 0 Å². The van der Waals surface area contributed by atoms with Gasteiger partial charge in [-0.05, 0) is 25.7 Å². The first-order chi connectivity index (χ1) is 8.70. The molecule has 1 fully saturated rings. The lowest BCUT2D eigenvalue weighted by Gasteiger charge is -2.36. The summed E-state index contributed by atoms with van der Waals surface area (Å²) in [6.07, 6.45) is 4.99. The lowest BCUT2D eigenvalue weighted by atomic mass is 10.0. The van der Waals surface area contributed by atoms with Gasteiger partial charge in [-0.3, -0.25) is 0 Å². The monoisotopic (exact) mass is 267 g/mol. The van der Waals surface area contributed by atoms with Crippen molar-refractivity contribution in [1.29, 1.82) is 0 Å². The van der Waals surface area contributed by atoms with Gasteiger partial charge in [-0.15, -0.1) is 11.3 Å². The summed E-state index contributed by atoms with van der Waals surface area (Å²) in [4.78, 5) is 7.26. The molecule has 1 aromatic heterocycles. The molecular weight excluding hydrogens is 242 g/mol. The largest absolute Gasteiger partial charge is 0.344 e. The average Bonchev–Trinajstić information content (AvgIpc) is 2.85. The number of aryl methyl sites for hydroxylation is 1. The molecule has 0 amide bonds. The molecule has 1 aromatic rings. The van der Waals surface area contributed by atoms with Crippen molar-refractivity contribution in [2.75, 3.05) is 18.0 Å². The van der Waals surface area contributed by atoms with Gasteiger partial charge in [0.1, 0.15) is 0 Å². The molecular formula is C14H25N3S. The highest BCUT2D eigenvalue weighted by molar-refractivity contribution is 7.13. The fourth-order valence-electron chi connectivity index (χ4n) is 2.43. The number of hydrogen-bond donors (Lipinski definition) is 1. The zero-order valence-corrected chi connectivity index (χ0v) is 12.6. The Labute approximate surface area is 115 Å². The summed E-state index contributed by atoms with van der Waals surface area (Å²) in [5, 5.41) is 7.00. The summed E-state index contributed by atoms with van der Waals surface area (Å²) in [6.45, 7) is 8.85. The third-order valence-corrected chi connectivity index (χ3v) is 4.46. The van der Waals surface area contributed by atoms with E-state index >= 15 is 0 Å². The van der Waals surface area contributed by atoms with E-state index in [-0.39, 0.29) is 0 Å². The Kier molecular flexibility index (Phi) is 5.01. The third-order valence-electron chi connectivity index (χ3n) is 3.54. The Morgan fingerprint density at radius 1 is 1.50 bits per heavy atom. The van der Waals surface area contributed by atoms with Crippen LogP contribution < -0.4 is 10.2 Å². The van der Waals surface area contributed by atoms with Gasteiger partial charge >= 0.3 is 0 Å². The van der Waals surface area contributed by atoms with E-state index in [4.69, 9.17) is 4.98 Å². The Morgan fingerprint density at radius 2 is 2.33 bits per heavy atom. The van der Waals surface area contributed by atoms with Crippen molar-refractivity contribution >= 4 is 16.5 Å². The fourth-order valence-corrected chi connectivity index (χ4v) is 3.43. The lowest BCUT2D eigenvalue weighted by molar-refractivity contribution is 0.420. The molecule has 0 radical (unpaired) electrons. The van der Waals surface area contributed by atoms with Crippen molar-refractivity contribution in [2.45, 2.75) is 58.5 Å². The molecule has 2 rings (SSSR count). The second-order valence-electron chi connectivity index (χ2n) is 5.38. The fraction of sp³-hybridized carbons (Fsp3) is 0.786. The maximum absolute atomic E-state index is 4.75.